The van der Waals surface area contributed by atoms with Crippen LogP contribution in [-0.2, 0) is 17.9 Å². The van der Waals surface area contributed by atoms with Gasteiger partial charge in [0.1, 0.15) is 5.75 Å². The number of benzene rings is 2. The summed E-state index contributed by atoms with van der Waals surface area (Å²) in [5, 5.41) is 6.30. The Labute approximate surface area is 184 Å². The summed E-state index contributed by atoms with van der Waals surface area (Å²) in [5.74, 6) is 1.43. The lowest BCUT2D eigenvalue weighted by Crippen LogP contribution is -2.44. The number of ether oxygens (including phenoxy) is 1. The van der Waals surface area contributed by atoms with E-state index in [1.807, 2.05) is 66.4 Å². The highest BCUT2D eigenvalue weighted by Crippen LogP contribution is 2.12. The smallest absolute Gasteiger partial charge is 0.242 e. The van der Waals surface area contributed by atoms with Crippen molar-refractivity contribution in [3.63, 3.8) is 0 Å². The first-order valence-electron chi connectivity index (χ1n) is 9.05. The van der Waals surface area contributed by atoms with Gasteiger partial charge in [0.2, 0.25) is 5.91 Å². The highest BCUT2D eigenvalue weighted by Gasteiger charge is 2.12. The van der Waals surface area contributed by atoms with Crippen LogP contribution in [0, 0.1) is 0 Å². The average molecular weight is 496 g/mol. The number of hydrogen-bond donors (Lipinski definition) is 2. The van der Waals surface area contributed by atoms with Gasteiger partial charge in [-0.15, -0.1) is 24.0 Å². The van der Waals surface area contributed by atoms with E-state index in [0.717, 1.165) is 16.9 Å². The van der Waals surface area contributed by atoms with Gasteiger partial charge in [-0.3, -0.25) is 9.79 Å². The van der Waals surface area contributed by atoms with E-state index in [2.05, 4.69) is 15.6 Å². The van der Waals surface area contributed by atoms with Gasteiger partial charge >= 0.3 is 0 Å². The molecule has 0 aromatic heterocycles. The molecule has 0 aliphatic rings. The first kappa shape index (κ1) is 23.7. The summed E-state index contributed by atoms with van der Waals surface area (Å²) in [6.45, 7) is 4.03. The Bertz CT molecular complexity index is 753. The maximum Gasteiger partial charge on any atom is 0.242 e. The van der Waals surface area contributed by atoms with E-state index in [9.17, 15) is 4.79 Å². The molecule has 28 heavy (non-hydrogen) atoms. The molecule has 0 bridgehead atoms. The normalized spacial score (nSPS) is 10.6. The van der Waals surface area contributed by atoms with Crippen molar-refractivity contribution in [2.45, 2.75) is 20.0 Å². The van der Waals surface area contributed by atoms with E-state index in [4.69, 9.17) is 4.74 Å². The molecule has 2 rings (SSSR count). The van der Waals surface area contributed by atoms with E-state index < -0.39 is 0 Å². The second-order valence-electron chi connectivity index (χ2n) is 6.02. The predicted molar refractivity (Wildman–Crippen MR) is 124 cm³/mol. The fourth-order valence-corrected chi connectivity index (χ4v) is 2.64. The highest BCUT2D eigenvalue weighted by atomic mass is 127. The first-order chi connectivity index (χ1) is 13.2. The maximum atomic E-state index is 12.5. The number of rotatable bonds is 8. The van der Waals surface area contributed by atoms with Gasteiger partial charge in [-0.25, -0.2) is 0 Å². The number of aliphatic imine (C=N–C) groups is 1. The Balaban J connectivity index is 0.00000392. The first-order valence-corrected chi connectivity index (χ1v) is 9.05. The van der Waals surface area contributed by atoms with Crippen LogP contribution in [0.5, 0.6) is 5.75 Å². The van der Waals surface area contributed by atoms with Gasteiger partial charge in [0.15, 0.2) is 5.96 Å². The number of methoxy groups -OCH3 is 1. The van der Waals surface area contributed by atoms with Crippen molar-refractivity contribution in [3.8, 4) is 5.75 Å². The van der Waals surface area contributed by atoms with Gasteiger partial charge in [-0.05, 0) is 30.2 Å². The Hall–Kier alpha value is -2.29. The second-order valence-corrected chi connectivity index (χ2v) is 6.02. The third kappa shape index (κ3) is 7.75. The number of nitrogens with one attached hydrogen (secondary N) is 2. The lowest BCUT2D eigenvalue weighted by Gasteiger charge is -2.22. The molecular formula is C21H29IN4O2. The average Bonchev–Trinajstić information content (AvgIpc) is 2.72. The Morgan fingerprint density at radius 1 is 1.07 bits per heavy atom. The molecule has 1 amide bonds. The zero-order valence-corrected chi connectivity index (χ0v) is 19.0. The van der Waals surface area contributed by atoms with Crippen molar-refractivity contribution in [1.29, 1.82) is 0 Å². The lowest BCUT2D eigenvalue weighted by atomic mass is 10.2. The van der Waals surface area contributed by atoms with Gasteiger partial charge in [-0.2, -0.15) is 0 Å². The third-order valence-corrected chi connectivity index (χ3v) is 4.18. The summed E-state index contributed by atoms with van der Waals surface area (Å²) in [6, 6.07) is 17.8. The minimum atomic E-state index is 0. The number of guanidine groups is 1. The molecule has 0 spiro atoms. The topological polar surface area (TPSA) is 66.0 Å². The standard InChI is InChI=1S/C21H28N4O2.HI/c1-4-25(16-17-9-6-5-7-10-17)20(26)15-24-21(22-2)23-14-18-11-8-12-19(13-18)27-3;/h5-13H,4,14-16H2,1-3H3,(H2,22,23,24);1H. The van der Waals surface area contributed by atoms with Crippen LogP contribution in [0.2, 0.25) is 0 Å². The van der Waals surface area contributed by atoms with Crippen LogP contribution in [-0.4, -0.2) is 44.0 Å². The number of amides is 1. The number of nitrogens with zero attached hydrogens (tertiary/aromatic N) is 2. The highest BCUT2D eigenvalue weighted by molar-refractivity contribution is 14.0. The molecule has 0 radical (unpaired) electrons. The quantitative estimate of drug-likeness (QED) is 0.335. The number of carbonyl (C=O) groups is 1. The molecule has 6 nitrogen and oxygen atoms in total. The predicted octanol–water partition coefficient (Wildman–Crippen LogP) is 3.03. The molecule has 0 aliphatic carbocycles. The van der Waals surface area contributed by atoms with E-state index in [1.54, 1.807) is 14.2 Å². The second kappa shape index (κ2) is 13.0. The van der Waals surface area contributed by atoms with E-state index >= 15 is 0 Å². The van der Waals surface area contributed by atoms with Crippen molar-refractivity contribution >= 4 is 35.8 Å². The molecule has 0 aliphatic heterocycles. The number of likely N-dealkylation sites (N-methyl/N-ethyl adjacent to an activating group) is 1. The zero-order valence-electron chi connectivity index (χ0n) is 16.6. The SMILES string of the molecule is CCN(Cc1ccccc1)C(=O)CNC(=NC)NCc1cccc(OC)c1.I. The largest absolute Gasteiger partial charge is 0.497 e. The molecule has 0 unspecified atom stereocenters. The molecule has 7 heteroatoms. The molecule has 0 atom stereocenters. The molecule has 152 valence electrons. The van der Waals surface area contributed by atoms with Crippen LogP contribution < -0.4 is 15.4 Å². The number of carbonyl (C=O) groups excluding carboxylic acids is 1. The Kier molecular flexibility index (Phi) is 11.0. The summed E-state index contributed by atoms with van der Waals surface area (Å²) in [6.07, 6.45) is 0. The van der Waals surface area contributed by atoms with Gasteiger partial charge in [0.25, 0.3) is 0 Å². The third-order valence-electron chi connectivity index (χ3n) is 4.18. The van der Waals surface area contributed by atoms with Gasteiger partial charge in [0.05, 0.1) is 13.7 Å². The number of hydrogen-bond acceptors (Lipinski definition) is 3. The molecule has 0 saturated heterocycles. The monoisotopic (exact) mass is 496 g/mol. The lowest BCUT2D eigenvalue weighted by molar-refractivity contribution is -0.130. The molecule has 2 aromatic rings. The fraction of sp³-hybridized carbons (Fsp3) is 0.333. The van der Waals surface area contributed by atoms with Crippen LogP contribution in [0.25, 0.3) is 0 Å². The summed E-state index contributed by atoms with van der Waals surface area (Å²) in [7, 11) is 3.33. The van der Waals surface area contributed by atoms with Crippen molar-refractivity contribution in [3.05, 3.63) is 65.7 Å². The van der Waals surface area contributed by atoms with Crippen LogP contribution in [0.15, 0.2) is 59.6 Å². The Morgan fingerprint density at radius 3 is 2.43 bits per heavy atom. The van der Waals surface area contributed by atoms with Crippen molar-refractivity contribution < 1.29 is 9.53 Å². The maximum absolute atomic E-state index is 12.5. The molecule has 0 saturated carbocycles. The van der Waals surface area contributed by atoms with Crippen LogP contribution >= 0.6 is 24.0 Å². The van der Waals surface area contributed by atoms with E-state index in [0.29, 0.717) is 25.6 Å². The van der Waals surface area contributed by atoms with Gasteiger partial charge in [-0.1, -0.05) is 42.5 Å². The van der Waals surface area contributed by atoms with Crippen LogP contribution in [0.3, 0.4) is 0 Å². The fourth-order valence-electron chi connectivity index (χ4n) is 2.64. The van der Waals surface area contributed by atoms with Gasteiger partial charge in [0, 0.05) is 26.7 Å². The minimum Gasteiger partial charge on any atom is -0.497 e. The number of halogens is 1. The molecule has 2 aromatic carbocycles. The summed E-state index contributed by atoms with van der Waals surface area (Å²) in [4.78, 5) is 18.5. The molecule has 0 fully saturated rings. The minimum absolute atomic E-state index is 0. The van der Waals surface area contributed by atoms with E-state index in [-0.39, 0.29) is 36.4 Å². The molecule has 0 heterocycles. The van der Waals surface area contributed by atoms with Crippen molar-refractivity contribution in [1.82, 2.24) is 15.5 Å². The molecule has 2 N–H and O–H groups in total. The van der Waals surface area contributed by atoms with Crippen molar-refractivity contribution in [2.24, 2.45) is 4.99 Å². The van der Waals surface area contributed by atoms with Crippen molar-refractivity contribution in [2.75, 3.05) is 27.2 Å². The van der Waals surface area contributed by atoms with Crippen LogP contribution in [0.4, 0.5) is 0 Å². The summed E-state index contributed by atoms with van der Waals surface area (Å²) >= 11 is 0. The van der Waals surface area contributed by atoms with Crippen LogP contribution in [0.1, 0.15) is 18.1 Å². The summed E-state index contributed by atoms with van der Waals surface area (Å²) < 4.78 is 5.23. The molecular weight excluding hydrogens is 467 g/mol. The van der Waals surface area contributed by atoms with E-state index in [1.165, 1.54) is 0 Å². The zero-order chi connectivity index (χ0) is 19.5. The van der Waals surface area contributed by atoms with Gasteiger partial charge < -0.3 is 20.3 Å². The summed E-state index contributed by atoms with van der Waals surface area (Å²) in [5.41, 5.74) is 2.19. The Morgan fingerprint density at radius 2 is 1.79 bits per heavy atom.